The van der Waals surface area contributed by atoms with Crippen molar-refractivity contribution in [3.05, 3.63) is 28.3 Å². The second kappa shape index (κ2) is 6.31. The molecule has 108 valence electrons. The molecule has 0 bridgehead atoms. The van der Waals surface area contributed by atoms with Crippen molar-refractivity contribution in [1.82, 2.24) is 9.97 Å². The third-order valence-corrected chi connectivity index (χ3v) is 2.86. The number of nitrogens with one attached hydrogen (secondary N) is 2. The van der Waals surface area contributed by atoms with Crippen LogP contribution in [0.1, 0.15) is 0 Å². The molecule has 0 radical (unpaired) electrons. The van der Waals surface area contributed by atoms with E-state index in [0.29, 0.717) is 30.1 Å². The van der Waals surface area contributed by atoms with Gasteiger partial charge in [0.15, 0.2) is 0 Å². The quantitative estimate of drug-likeness (QED) is 0.589. The third kappa shape index (κ3) is 3.22. The van der Waals surface area contributed by atoms with E-state index in [1.54, 1.807) is 20.3 Å². The molecule has 20 heavy (non-hydrogen) atoms. The first-order valence-corrected chi connectivity index (χ1v) is 6.03. The van der Waals surface area contributed by atoms with Crippen LogP contribution in [-0.2, 0) is 9.47 Å². The molecule has 1 aromatic heterocycles. The number of hydrogen-bond donors (Lipinski definition) is 2. The summed E-state index contributed by atoms with van der Waals surface area (Å²) >= 11 is 0. The molecule has 1 heterocycles. The highest BCUT2D eigenvalue weighted by Gasteiger charge is 2.11. The highest BCUT2D eigenvalue weighted by Crippen LogP contribution is 2.20. The van der Waals surface area contributed by atoms with Crippen LogP contribution < -0.4 is 5.32 Å². The van der Waals surface area contributed by atoms with Crippen LogP contribution in [0.5, 0.6) is 0 Å². The average molecular weight is 280 g/mol. The van der Waals surface area contributed by atoms with Crippen molar-refractivity contribution in [3.63, 3.8) is 0 Å². The largest absolute Gasteiger partial charge is 0.382 e. The fourth-order valence-corrected chi connectivity index (χ4v) is 1.80. The van der Waals surface area contributed by atoms with Crippen molar-refractivity contribution >= 4 is 22.7 Å². The van der Waals surface area contributed by atoms with Gasteiger partial charge in [-0.15, -0.1) is 0 Å². The minimum atomic E-state index is -0.438. The van der Waals surface area contributed by atoms with Crippen molar-refractivity contribution in [2.75, 3.05) is 32.7 Å². The van der Waals surface area contributed by atoms with Crippen molar-refractivity contribution in [1.29, 1.82) is 0 Å². The first kappa shape index (κ1) is 14.2. The molecule has 0 aliphatic carbocycles. The van der Waals surface area contributed by atoms with Crippen LogP contribution in [-0.4, -0.2) is 48.4 Å². The SMILES string of the molecule is COCC(CNc1nc2ccc([N+](=O)[O-])cc2[nH]1)OC. The number of benzene rings is 1. The number of rotatable bonds is 7. The predicted octanol–water partition coefficient (Wildman–Crippen LogP) is 1.54. The Hall–Kier alpha value is -2.19. The van der Waals surface area contributed by atoms with E-state index >= 15 is 0 Å². The van der Waals surface area contributed by atoms with E-state index in [1.807, 2.05) is 0 Å². The molecule has 8 nitrogen and oxygen atoms in total. The summed E-state index contributed by atoms with van der Waals surface area (Å²) in [5, 5.41) is 13.8. The first-order chi connectivity index (χ1) is 9.63. The fraction of sp³-hybridized carbons (Fsp3) is 0.417. The number of nitrogens with zero attached hydrogens (tertiary/aromatic N) is 2. The number of methoxy groups -OCH3 is 2. The average Bonchev–Trinajstić information content (AvgIpc) is 2.85. The molecule has 0 fully saturated rings. The molecule has 2 aromatic rings. The molecule has 1 aromatic carbocycles. The minimum absolute atomic E-state index is 0.0295. The number of ether oxygens (including phenoxy) is 2. The van der Waals surface area contributed by atoms with Crippen molar-refractivity contribution < 1.29 is 14.4 Å². The maximum Gasteiger partial charge on any atom is 0.271 e. The summed E-state index contributed by atoms with van der Waals surface area (Å²) in [5.41, 5.74) is 1.31. The van der Waals surface area contributed by atoms with E-state index in [4.69, 9.17) is 9.47 Å². The number of nitro groups is 1. The number of H-pyrrole nitrogens is 1. The van der Waals surface area contributed by atoms with E-state index < -0.39 is 4.92 Å². The van der Waals surface area contributed by atoms with Gasteiger partial charge in [-0.3, -0.25) is 10.1 Å². The highest BCUT2D eigenvalue weighted by atomic mass is 16.6. The molecule has 0 amide bonds. The van der Waals surface area contributed by atoms with Gasteiger partial charge in [0.2, 0.25) is 5.95 Å². The number of fused-ring (bicyclic) bond motifs is 1. The van der Waals surface area contributed by atoms with Gasteiger partial charge in [-0.2, -0.15) is 0 Å². The van der Waals surface area contributed by atoms with E-state index in [9.17, 15) is 10.1 Å². The van der Waals surface area contributed by atoms with Gasteiger partial charge in [0.1, 0.15) is 0 Å². The Balaban J connectivity index is 2.09. The normalized spacial score (nSPS) is 12.5. The Morgan fingerprint density at radius 3 is 2.95 bits per heavy atom. The molecule has 1 unspecified atom stereocenters. The van der Waals surface area contributed by atoms with Gasteiger partial charge < -0.3 is 19.8 Å². The van der Waals surface area contributed by atoms with Crippen LogP contribution in [0.25, 0.3) is 11.0 Å². The van der Waals surface area contributed by atoms with Crippen molar-refractivity contribution in [3.8, 4) is 0 Å². The summed E-state index contributed by atoms with van der Waals surface area (Å²) < 4.78 is 10.2. The lowest BCUT2D eigenvalue weighted by molar-refractivity contribution is -0.384. The Kier molecular flexibility index (Phi) is 4.49. The van der Waals surface area contributed by atoms with E-state index in [-0.39, 0.29) is 11.8 Å². The van der Waals surface area contributed by atoms with E-state index in [2.05, 4.69) is 15.3 Å². The Bertz CT molecular complexity index is 598. The van der Waals surface area contributed by atoms with Crippen LogP contribution in [0.4, 0.5) is 11.6 Å². The van der Waals surface area contributed by atoms with Crippen LogP contribution >= 0.6 is 0 Å². The lowest BCUT2D eigenvalue weighted by atomic mass is 10.3. The second-order valence-corrected chi connectivity index (χ2v) is 4.24. The maximum atomic E-state index is 10.7. The zero-order valence-corrected chi connectivity index (χ0v) is 11.3. The summed E-state index contributed by atoms with van der Waals surface area (Å²) in [7, 11) is 3.21. The predicted molar refractivity (Wildman–Crippen MR) is 73.9 cm³/mol. The Morgan fingerprint density at radius 2 is 2.30 bits per heavy atom. The fourth-order valence-electron chi connectivity index (χ4n) is 1.80. The molecular formula is C12H16N4O4. The van der Waals surface area contributed by atoms with Gasteiger partial charge >= 0.3 is 0 Å². The van der Waals surface area contributed by atoms with Gasteiger partial charge in [0.05, 0.1) is 28.7 Å². The first-order valence-electron chi connectivity index (χ1n) is 6.03. The smallest absolute Gasteiger partial charge is 0.271 e. The van der Waals surface area contributed by atoms with Crippen molar-refractivity contribution in [2.45, 2.75) is 6.10 Å². The summed E-state index contributed by atoms with van der Waals surface area (Å²) in [6, 6.07) is 4.49. The molecule has 0 aliphatic heterocycles. The third-order valence-electron chi connectivity index (χ3n) is 2.86. The molecular weight excluding hydrogens is 264 g/mol. The van der Waals surface area contributed by atoms with Crippen LogP contribution in [0.3, 0.4) is 0 Å². The number of imidazole rings is 1. The number of hydrogen-bond acceptors (Lipinski definition) is 6. The zero-order chi connectivity index (χ0) is 14.5. The molecule has 1 atom stereocenters. The summed E-state index contributed by atoms with van der Waals surface area (Å²) in [6.07, 6.45) is -0.0949. The molecule has 0 saturated heterocycles. The number of anilines is 1. The summed E-state index contributed by atoms with van der Waals surface area (Å²) in [6.45, 7) is 0.988. The molecule has 2 rings (SSSR count). The standard InChI is InChI=1S/C12H16N4O4/c1-19-7-9(20-2)6-13-12-14-10-4-3-8(16(17)18)5-11(10)15-12/h3-5,9H,6-7H2,1-2H3,(H2,13,14,15). The highest BCUT2D eigenvalue weighted by molar-refractivity contribution is 5.79. The lowest BCUT2D eigenvalue weighted by Gasteiger charge is -2.14. The van der Waals surface area contributed by atoms with Gasteiger partial charge in [-0.25, -0.2) is 4.98 Å². The van der Waals surface area contributed by atoms with Gasteiger partial charge in [0, 0.05) is 32.9 Å². The topological polar surface area (TPSA) is 102 Å². The number of nitro benzene ring substituents is 1. The minimum Gasteiger partial charge on any atom is -0.382 e. The van der Waals surface area contributed by atoms with Gasteiger partial charge in [0.25, 0.3) is 5.69 Å². The summed E-state index contributed by atoms with van der Waals surface area (Å²) in [5.74, 6) is 0.540. The monoisotopic (exact) mass is 280 g/mol. The molecule has 0 aliphatic rings. The molecule has 8 heteroatoms. The van der Waals surface area contributed by atoms with Gasteiger partial charge in [-0.1, -0.05) is 0 Å². The lowest BCUT2D eigenvalue weighted by Crippen LogP contribution is -2.26. The number of aromatic nitrogens is 2. The van der Waals surface area contributed by atoms with Gasteiger partial charge in [-0.05, 0) is 6.07 Å². The number of aromatic amines is 1. The zero-order valence-electron chi connectivity index (χ0n) is 11.3. The van der Waals surface area contributed by atoms with Crippen LogP contribution in [0.2, 0.25) is 0 Å². The maximum absolute atomic E-state index is 10.7. The second-order valence-electron chi connectivity index (χ2n) is 4.24. The van der Waals surface area contributed by atoms with Crippen LogP contribution in [0, 0.1) is 10.1 Å². The molecule has 0 spiro atoms. The van der Waals surface area contributed by atoms with Crippen LogP contribution in [0.15, 0.2) is 18.2 Å². The molecule has 2 N–H and O–H groups in total. The van der Waals surface area contributed by atoms with Crippen molar-refractivity contribution in [2.24, 2.45) is 0 Å². The molecule has 0 saturated carbocycles. The Morgan fingerprint density at radius 1 is 1.50 bits per heavy atom. The Labute approximate surface area is 115 Å². The van der Waals surface area contributed by atoms with E-state index in [1.165, 1.54) is 12.1 Å². The number of non-ortho nitro benzene ring substituents is 1. The summed E-state index contributed by atoms with van der Waals surface area (Å²) in [4.78, 5) is 17.5. The van der Waals surface area contributed by atoms with E-state index in [0.717, 1.165) is 0 Å².